The van der Waals surface area contributed by atoms with Crippen molar-refractivity contribution in [3.8, 4) is 6.07 Å². The van der Waals surface area contributed by atoms with Crippen LogP contribution in [0.4, 0.5) is 0 Å². The summed E-state index contributed by atoms with van der Waals surface area (Å²) >= 11 is 4.64. The molecule has 0 amide bonds. The van der Waals surface area contributed by atoms with Crippen LogP contribution in [-0.4, -0.2) is 104 Å². The Hall–Kier alpha value is -1.05. The third-order valence-corrected chi connectivity index (χ3v) is 1.08. The molecule has 0 fully saturated rings. The number of aliphatic hydroxyl groups excluding tert-OH is 5. The van der Waals surface area contributed by atoms with Gasteiger partial charge in [-0.05, 0) is 45.3 Å². The molecule has 0 aromatic rings. The van der Waals surface area contributed by atoms with E-state index in [1.807, 2.05) is 82.2 Å². The molecule has 0 aliphatic carbocycles. The zero-order valence-electron chi connectivity index (χ0n) is 37.1. The molecule has 0 heterocycles. The van der Waals surface area contributed by atoms with Gasteiger partial charge in [0.25, 0.3) is 0 Å². The molecule has 0 saturated carbocycles. The van der Waals surface area contributed by atoms with Gasteiger partial charge in [0.1, 0.15) is 6.29 Å². The van der Waals surface area contributed by atoms with Crippen LogP contribution in [0.1, 0.15) is 182 Å². The first-order valence-electron chi connectivity index (χ1n) is 15.9. The fraction of sp³-hybridized carbons (Fsp3) is 0.850. The van der Waals surface area contributed by atoms with Gasteiger partial charge >= 0.3 is 63.3 Å². The van der Waals surface area contributed by atoms with Gasteiger partial charge in [-0.3, -0.25) is 14.4 Å². The Balaban J connectivity index is -0.00000000890. The molecule has 7 N–H and O–H groups in total. The second-order valence-electron chi connectivity index (χ2n) is 3.94. The molecule has 0 aliphatic heterocycles. The van der Waals surface area contributed by atoms with E-state index in [9.17, 15) is 14.4 Å². The molecule has 14 nitrogen and oxygen atoms in total. The second kappa shape index (κ2) is 527. The summed E-state index contributed by atoms with van der Waals surface area (Å²) in [6.45, 7) is 39.1. The van der Waals surface area contributed by atoms with Gasteiger partial charge in [0.2, 0.25) is 5.24 Å². The minimum Gasteiger partial charge on any atom is -0.512 e. The van der Waals surface area contributed by atoms with Crippen LogP contribution >= 0.6 is 11.6 Å². The van der Waals surface area contributed by atoms with Crippen molar-refractivity contribution in [2.24, 2.45) is 5.73 Å². The third-order valence-electron chi connectivity index (χ3n) is 1.08. The molecule has 0 aliphatic rings. The number of nitrogens with zero attached hydrogens (tertiary/aromatic N) is 2. The maximum atomic E-state index is 9.82. The van der Waals surface area contributed by atoms with Crippen LogP contribution in [0, 0.1) is 23.2 Å². The number of nitrogens with two attached hydrogens (primary N) is 1. The van der Waals surface area contributed by atoms with Crippen LogP contribution in [0.25, 0.3) is 0 Å². The van der Waals surface area contributed by atoms with Crippen molar-refractivity contribution < 1.29 is 106 Å². The summed E-state index contributed by atoms with van der Waals surface area (Å²) in [6.07, 6.45) is 2.47. The Morgan fingerprint density at radius 3 is 0.786 bits per heavy atom. The fourth-order valence-corrected chi connectivity index (χ4v) is 0.203. The molecule has 0 radical (unpaired) electrons. The number of carbonyl (C=O) groups excluding carboxylic acids is 4. The van der Waals surface area contributed by atoms with E-state index in [1.54, 1.807) is 13.8 Å². The average Bonchev–Trinajstić information content (AvgIpc) is 3.17. The molecule has 56 heavy (non-hydrogen) atoms. The predicted molar refractivity (Wildman–Crippen MR) is 251 cm³/mol. The van der Waals surface area contributed by atoms with Gasteiger partial charge in [0, 0.05) is 62.2 Å². The third kappa shape index (κ3) is 4040. The number of aldehydes is 1. The molecule has 0 saturated heterocycles. The summed E-state index contributed by atoms with van der Waals surface area (Å²) in [5.41, 5.74) is 5.03. The summed E-state index contributed by atoms with van der Waals surface area (Å²) in [4.78, 5) is 37.4. The molecule has 0 aromatic heterocycles. The molecular formula is C40H111ClKN3O11. The van der Waals surface area contributed by atoms with Gasteiger partial charge in [-0.25, -0.2) is 0 Å². The van der Waals surface area contributed by atoms with Crippen molar-refractivity contribution in [3.05, 3.63) is 6.57 Å². The Morgan fingerprint density at radius 1 is 0.679 bits per heavy atom. The molecule has 0 unspecified atom stereocenters. The van der Waals surface area contributed by atoms with Crippen molar-refractivity contribution >= 4 is 35.1 Å². The minimum atomic E-state index is -0.361. The molecule has 16 heteroatoms. The van der Waals surface area contributed by atoms with E-state index < -0.39 is 0 Å². The Labute approximate surface area is 403 Å². The van der Waals surface area contributed by atoms with Crippen molar-refractivity contribution in [2.45, 2.75) is 182 Å². The van der Waals surface area contributed by atoms with Crippen molar-refractivity contribution in [2.75, 3.05) is 55.3 Å². The Bertz CT molecular complexity index is 421. The normalized spacial score (nSPS) is 4.34. The molecule has 0 atom stereocenters. The predicted octanol–water partition coefficient (Wildman–Crippen LogP) is 7.48. The van der Waals surface area contributed by atoms with Crippen LogP contribution in [0.15, 0.2) is 0 Å². The Kier molecular flexibility index (Phi) is 1570. The molecule has 0 rings (SSSR count). The summed E-state index contributed by atoms with van der Waals surface area (Å²) in [7, 11) is 5.35. The van der Waals surface area contributed by atoms with Crippen LogP contribution in [0.3, 0.4) is 0 Å². The van der Waals surface area contributed by atoms with Crippen molar-refractivity contribution in [1.29, 1.82) is 10.5 Å². The average molecular weight is 885 g/mol. The minimum absolute atomic E-state index is 0. The number of hydrogen-bond acceptors (Lipinski definition) is 14. The molecule has 0 aromatic carbocycles. The summed E-state index contributed by atoms with van der Waals surface area (Å²) < 4.78 is 8.51. The first kappa shape index (κ1) is 167. The first-order valence-corrected chi connectivity index (χ1v) is 16.2. The number of halogens is 1. The molecule has 0 spiro atoms. The van der Waals surface area contributed by atoms with Gasteiger partial charge in [-0.1, -0.05) is 128 Å². The quantitative estimate of drug-likeness (QED) is 0.0517. The zero-order valence-corrected chi connectivity index (χ0v) is 41.0. The number of carbonyl (C=O) groups is 4. The number of aliphatic hydroxyl groups is 5. The first-order chi connectivity index (χ1) is 23.4. The van der Waals surface area contributed by atoms with Crippen molar-refractivity contribution in [1.82, 2.24) is 0 Å². The van der Waals surface area contributed by atoms with Gasteiger partial charge in [-0.2, -0.15) is 5.26 Å². The van der Waals surface area contributed by atoms with Gasteiger partial charge in [0.05, 0.1) is 19.8 Å². The van der Waals surface area contributed by atoms with E-state index >= 15 is 0 Å². The van der Waals surface area contributed by atoms with E-state index in [0.29, 0.717) is 13.0 Å². The van der Waals surface area contributed by atoms with Gasteiger partial charge in [0.15, 0.2) is 0 Å². The number of hydrogen-bond donors (Lipinski definition) is 6. The number of esters is 2. The summed E-state index contributed by atoms with van der Waals surface area (Å²) in [5.74, 6) is -0.456. The molecule has 0 bridgehead atoms. The van der Waals surface area contributed by atoms with Crippen molar-refractivity contribution in [3.63, 3.8) is 0 Å². The smallest absolute Gasteiger partial charge is 0.512 e. The molecular weight excluding hydrogens is 773 g/mol. The zero-order chi connectivity index (χ0) is 45.1. The number of methoxy groups -OCH3 is 1. The number of nitriles is 1. The topological polar surface area (TPSA) is 261 Å². The van der Waals surface area contributed by atoms with Gasteiger partial charge < -0.3 is 57.4 Å². The van der Waals surface area contributed by atoms with Crippen LogP contribution in [0.2, 0.25) is 0 Å². The summed E-state index contributed by atoms with van der Waals surface area (Å²) in [5, 5.41) is 49.1. The number of ether oxygens (including phenoxy) is 2. The summed E-state index contributed by atoms with van der Waals surface area (Å²) in [6, 6.07) is 1.93. The van der Waals surface area contributed by atoms with E-state index in [1.165, 1.54) is 34.8 Å². The van der Waals surface area contributed by atoms with Crippen LogP contribution < -0.4 is 57.1 Å². The van der Waals surface area contributed by atoms with Gasteiger partial charge in [-0.15, -0.1) is 0 Å². The van der Waals surface area contributed by atoms with Crippen LogP contribution in [0.5, 0.6) is 0 Å². The largest absolute Gasteiger partial charge is 1.00 e. The SMILES string of the molecule is C.C.C.C.C.C.CC.CC.CC.CC.CC.CC(=O)Cl.CC=O.CCC#N.CCCN.CCO.CCOC(C)=O.CO.CO.CO.CO.COC(C)=O.[C-]#N.[K+]. The standard InChI is InChI=1S/C4H8O2.C3H9N.C3H5N.C3H6O2.C2H3ClO.C2H6O.C2H4O.5C2H6.CN.4CH4O.6CH4.K/c1-3-6-4(2)5;2*1-2-3-4;1-3(4)5-2;1-2(3)4;2*1-2-3;10*1-2;;;;;;;/h3H2,1-2H3;2-4H2,1H3;2H2,1H3;1-2H3;1H3;3H,2H2,1H3;2H,1H3;5*1-2H3;;4*2H,1H3;6*1H4;/q;;;;;;;;;;;;-1;;;;;;;;;;;+1. The number of rotatable bonds is 2. The maximum absolute atomic E-state index is 9.82. The Morgan fingerprint density at radius 2 is 0.786 bits per heavy atom. The fourth-order valence-electron chi connectivity index (χ4n) is 0.203. The molecule has 360 valence electrons. The second-order valence-corrected chi connectivity index (χ2v) is 4.48. The van der Waals surface area contributed by atoms with E-state index in [-0.39, 0.29) is 120 Å². The monoisotopic (exact) mass is 884 g/mol. The maximum Gasteiger partial charge on any atom is 1.00 e. The van der Waals surface area contributed by atoms with E-state index in [0.717, 1.165) is 47.7 Å². The van der Waals surface area contributed by atoms with E-state index in [4.69, 9.17) is 53.2 Å². The van der Waals surface area contributed by atoms with E-state index in [2.05, 4.69) is 28.0 Å². The van der Waals surface area contributed by atoms with Crippen LogP contribution in [-0.2, 0) is 28.7 Å².